The van der Waals surface area contributed by atoms with E-state index in [1.54, 1.807) is 73.8 Å². The molecule has 0 aromatic heterocycles. The molecule has 8 heteroatoms. The van der Waals surface area contributed by atoms with Gasteiger partial charge in [-0.25, -0.2) is 4.90 Å². The van der Waals surface area contributed by atoms with Gasteiger partial charge >= 0.3 is 0 Å². The highest BCUT2D eigenvalue weighted by Crippen LogP contribution is 2.33. The fourth-order valence-electron chi connectivity index (χ4n) is 4.03. The molecule has 2 heterocycles. The summed E-state index contributed by atoms with van der Waals surface area (Å²) in [6.07, 6.45) is 1.15. The number of imide groups is 1. The van der Waals surface area contributed by atoms with Crippen LogP contribution in [0.5, 0.6) is 17.2 Å². The number of rotatable bonds is 6. The summed E-state index contributed by atoms with van der Waals surface area (Å²) in [6.45, 7) is 0.594. The average molecular weight is 458 g/mol. The van der Waals surface area contributed by atoms with Gasteiger partial charge in [-0.3, -0.25) is 14.4 Å². The second-order valence-electron chi connectivity index (χ2n) is 7.97. The molecular formula is C26H22N2O6. The minimum absolute atomic E-state index is 0.185. The lowest BCUT2D eigenvalue weighted by atomic mass is 10.1. The third-order valence-electron chi connectivity index (χ3n) is 5.75. The van der Waals surface area contributed by atoms with E-state index < -0.39 is 17.9 Å². The van der Waals surface area contributed by atoms with Crippen LogP contribution < -0.4 is 19.7 Å². The maximum atomic E-state index is 13.0. The molecule has 0 radical (unpaired) electrons. The third-order valence-corrected chi connectivity index (χ3v) is 5.75. The van der Waals surface area contributed by atoms with E-state index >= 15 is 0 Å². The lowest BCUT2D eigenvalue weighted by Gasteiger charge is -2.14. The zero-order valence-corrected chi connectivity index (χ0v) is 18.4. The molecule has 5 rings (SSSR count). The van der Waals surface area contributed by atoms with Crippen LogP contribution >= 0.6 is 0 Å². The molecule has 1 unspecified atom stereocenters. The summed E-state index contributed by atoms with van der Waals surface area (Å²) in [7, 11) is 1.55. The smallest absolute Gasteiger partial charge is 0.266 e. The van der Waals surface area contributed by atoms with Gasteiger partial charge in [0.2, 0.25) is 0 Å². The van der Waals surface area contributed by atoms with Gasteiger partial charge in [-0.05, 0) is 67.4 Å². The van der Waals surface area contributed by atoms with E-state index in [4.69, 9.17) is 14.2 Å². The van der Waals surface area contributed by atoms with E-state index in [1.807, 2.05) is 0 Å². The first kappa shape index (κ1) is 21.7. The molecule has 1 N–H and O–H groups in total. The van der Waals surface area contributed by atoms with Crippen LogP contribution in [-0.4, -0.2) is 37.5 Å². The molecule has 1 atom stereocenters. The predicted molar refractivity (Wildman–Crippen MR) is 125 cm³/mol. The Labute approximate surface area is 196 Å². The van der Waals surface area contributed by atoms with Gasteiger partial charge in [-0.15, -0.1) is 0 Å². The largest absolute Gasteiger partial charge is 0.497 e. The fraction of sp³-hybridized carbons (Fsp3) is 0.192. The highest BCUT2D eigenvalue weighted by atomic mass is 16.5. The van der Waals surface area contributed by atoms with Crippen LogP contribution in [0.3, 0.4) is 0 Å². The number of fused-ring (bicyclic) bond motifs is 1. The summed E-state index contributed by atoms with van der Waals surface area (Å²) in [5.74, 6) is 0.511. The molecular weight excluding hydrogens is 436 g/mol. The Hall–Kier alpha value is -4.17. The number of amides is 3. The SMILES string of the molecule is COc1ccc(N2C(=O)c3ccc(Oc4cccc(NC(=O)C5CCCO5)c4)cc3C2=O)cc1. The molecule has 0 spiro atoms. The quantitative estimate of drug-likeness (QED) is 0.550. The van der Waals surface area contributed by atoms with Gasteiger partial charge in [0.15, 0.2) is 0 Å². The van der Waals surface area contributed by atoms with E-state index in [0.717, 1.165) is 11.3 Å². The predicted octanol–water partition coefficient (Wildman–Crippen LogP) is 4.41. The van der Waals surface area contributed by atoms with Gasteiger partial charge in [0, 0.05) is 18.4 Å². The molecule has 3 aromatic carbocycles. The molecule has 1 fully saturated rings. The topological polar surface area (TPSA) is 94.2 Å². The summed E-state index contributed by atoms with van der Waals surface area (Å²) >= 11 is 0. The number of hydrogen-bond donors (Lipinski definition) is 1. The maximum Gasteiger partial charge on any atom is 0.266 e. The van der Waals surface area contributed by atoms with Gasteiger partial charge in [-0.2, -0.15) is 0 Å². The number of nitrogens with one attached hydrogen (secondary N) is 1. The van der Waals surface area contributed by atoms with E-state index in [9.17, 15) is 14.4 Å². The van der Waals surface area contributed by atoms with Crippen molar-refractivity contribution in [3.8, 4) is 17.2 Å². The number of methoxy groups -OCH3 is 1. The number of carbonyl (C=O) groups excluding carboxylic acids is 3. The van der Waals surface area contributed by atoms with E-state index in [-0.39, 0.29) is 11.5 Å². The van der Waals surface area contributed by atoms with Crippen molar-refractivity contribution in [2.45, 2.75) is 18.9 Å². The van der Waals surface area contributed by atoms with Gasteiger partial charge in [0.05, 0.1) is 23.9 Å². The van der Waals surface area contributed by atoms with Crippen molar-refractivity contribution >= 4 is 29.1 Å². The van der Waals surface area contributed by atoms with E-state index in [1.165, 1.54) is 0 Å². The number of carbonyl (C=O) groups is 3. The molecule has 2 aliphatic rings. The third kappa shape index (κ3) is 4.11. The van der Waals surface area contributed by atoms with Crippen LogP contribution in [0.2, 0.25) is 0 Å². The van der Waals surface area contributed by atoms with Crippen molar-refractivity contribution in [2.24, 2.45) is 0 Å². The summed E-state index contributed by atoms with van der Waals surface area (Å²) in [5.41, 5.74) is 1.62. The Morgan fingerprint density at radius 1 is 0.941 bits per heavy atom. The normalized spacial score (nSPS) is 17.0. The summed E-state index contributed by atoms with van der Waals surface area (Å²) in [5, 5.41) is 2.84. The van der Waals surface area contributed by atoms with Crippen LogP contribution in [0.15, 0.2) is 66.7 Å². The molecule has 172 valence electrons. The minimum Gasteiger partial charge on any atom is -0.497 e. The fourth-order valence-corrected chi connectivity index (χ4v) is 4.03. The van der Waals surface area contributed by atoms with Gasteiger partial charge in [-0.1, -0.05) is 6.07 Å². The van der Waals surface area contributed by atoms with Crippen LogP contribution in [0.1, 0.15) is 33.6 Å². The Morgan fingerprint density at radius 3 is 2.41 bits per heavy atom. The Morgan fingerprint density at radius 2 is 1.68 bits per heavy atom. The summed E-state index contributed by atoms with van der Waals surface area (Å²) in [6, 6.07) is 18.4. The van der Waals surface area contributed by atoms with E-state index in [2.05, 4.69) is 5.32 Å². The first-order valence-electron chi connectivity index (χ1n) is 10.9. The number of hydrogen-bond acceptors (Lipinski definition) is 6. The maximum absolute atomic E-state index is 13.0. The zero-order valence-electron chi connectivity index (χ0n) is 18.4. The average Bonchev–Trinajstić information content (AvgIpc) is 3.47. The summed E-state index contributed by atoms with van der Waals surface area (Å²) in [4.78, 5) is 39.3. The van der Waals surface area contributed by atoms with Crippen molar-refractivity contribution in [1.82, 2.24) is 0 Å². The molecule has 0 saturated carbocycles. The highest BCUT2D eigenvalue weighted by Gasteiger charge is 2.37. The molecule has 3 aromatic rings. The Kier molecular flexibility index (Phi) is 5.73. The van der Waals surface area contributed by atoms with Crippen molar-refractivity contribution in [3.05, 3.63) is 77.9 Å². The van der Waals surface area contributed by atoms with Gasteiger partial charge in [0.1, 0.15) is 23.4 Å². The second kappa shape index (κ2) is 8.99. The molecule has 0 bridgehead atoms. The van der Waals surface area contributed by atoms with Crippen molar-refractivity contribution < 1.29 is 28.6 Å². The first-order valence-corrected chi connectivity index (χ1v) is 10.9. The lowest BCUT2D eigenvalue weighted by molar-refractivity contribution is -0.124. The number of benzene rings is 3. The Balaban J connectivity index is 1.33. The monoisotopic (exact) mass is 458 g/mol. The van der Waals surface area contributed by atoms with Crippen LogP contribution in [0.25, 0.3) is 0 Å². The standard InChI is InChI=1S/C26H22N2O6/c1-32-18-9-7-17(8-10-18)28-25(30)21-12-11-20(15-22(21)26(28)31)34-19-5-2-4-16(14-19)27-24(29)23-6-3-13-33-23/h2,4-5,7-12,14-15,23H,3,6,13H2,1H3,(H,27,29). The van der Waals surface area contributed by atoms with Crippen LogP contribution in [-0.2, 0) is 9.53 Å². The Bertz CT molecular complexity index is 1260. The zero-order chi connectivity index (χ0) is 23.7. The van der Waals surface area contributed by atoms with E-state index in [0.29, 0.717) is 47.2 Å². The number of ether oxygens (including phenoxy) is 3. The number of anilines is 2. The van der Waals surface area contributed by atoms with Gasteiger partial charge < -0.3 is 19.5 Å². The van der Waals surface area contributed by atoms with Crippen molar-refractivity contribution in [2.75, 3.05) is 23.9 Å². The van der Waals surface area contributed by atoms with Crippen LogP contribution in [0, 0.1) is 0 Å². The highest BCUT2D eigenvalue weighted by molar-refractivity contribution is 6.34. The molecule has 1 saturated heterocycles. The molecule has 2 aliphatic heterocycles. The van der Waals surface area contributed by atoms with Crippen LogP contribution in [0.4, 0.5) is 11.4 Å². The van der Waals surface area contributed by atoms with Crippen molar-refractivity contribution in [1.29, 1.82) is 0 Å². The molecule has 3 amide bonds. The first-order chi connectivity index (χ1) is 16.5. The molecule has 8 nitrogen and oxygen atoms in total. The second-order valence-corrected chi connectivity index (χ2v) is 7.97. The summed E-state index contributed by atoms with van der Waals surface area (Å²) < 4.78 is 16.5. The molecule has 34 heavy (non-hydrogen) atoms. The van der Waals surface area contributed by atoms with Crippen molar-refractivity contribution in [3.63, 3.8) is 0 Å². The minimum atomic E-state index is -0.432. The lowest BCUT2D eigenvalue weighted by Crippen LogP contribution is -2.29. The van der Waals surface area contributed by atoms with Gasteiger partial charge in [0.25, 0.3) is 17.7 Å². The molecule has 0 aliphatic carbocycles. The number of nitrogens with zero attached hydrogens (tertiary/aromatic N) is 1.